The van der Waals surface area contributed by atoms with Crippen molar-refractivity contribution in [3.8, 4) is 5.75 Å². The largest absolute Gasteiger partial charge is 0.484 e. The average Bonchev–Trinajstić information content (AvgIpc) is 3.01. The molecule has 0 spiro atoms. The number of rotatable bonds is 4. The van der Waals surface area contributed by atoms with E-state index < -0.39 is 5.82 Å². The lowest BCUT2D eigenvalue weighted by Crippen LogP contribution is -2.35. The number of carbonyl (C=O) groups excluding carboxylic acids is 1. The Kier molecular flexibility index (Phi) is 4.59. The molecule has 3 rings (SSSR count). The van der Waals surface area contributed by atoms with E-state index in [4.69, 9.17) is 10.5 Å². The van der Waals surface area contributed by atoms with Crippen LogP contribution in [0.3, 0.4) is 0 Å². The van der Waals surface area contributed by atoms with Gasteiger partial charge in [0.2, 0.25) is 0 Å². The minimum absolute atomic E-state index is 0.127. The summed E-state index contributed by atoms with van der Waals surface area (Å²) in [5.74, 6) is 0.761. The molecule has 2 aromatic rings. The summed E-state index contributed by atoms with van der Waals surface area (Å²) in [5.41, 5.74) is 6.53. The quantitative estimate of drug-likeness (QED) is 0.930. The number of nitrogen functional groups attached to an aromatic ring is 1. The van der Waals surface area contributed by atoms with Gasteiger partial charge in [-0.3, -0.25) is 4.79 Å². The number of likely N-dealkylation sites (tertiary alicyclic amines) is 1. The molecule has 126 valence electrons. The van der Waals surface area contributed by atoms with Crippen molar-refractivity contribution < 1.29 is 13.9 Å². The molecule has 1 aromatic carbocycles. The number of benzene rings is 1. The van der Waals surface area contributed by atoms with Crippen LogP contribution in [0.1, 0.15) is 30.4 Å². The molecular weight excluding hydrogens is 311 g/mol. The first-order valence-corrected chi connectivity index (χ1v) is 7.82. The number of hydrogen-bond donors (Lipinski definition) is 1. The van der Waals surface area contributed by atoms with Crippen LogP contribution in [0.25, 0.3) is 0 Å². The second-order valence-electron chi connectivity index (χ2n) is 5.76. The second-order valence-corrected chi connectivity index (χ2v) is 5.76. The molecule has 1 fully saturated rings. The fraction of sp³-hybridized carbons (Fsp3) is 0.353. The van der Waals surface area contributed by atoms with Gasteiger partial charge in [0, 0.05) is 18.7 Å². The van der Waals surface area contributed by atoms with Crippen LogP contribution >= 0.6 is 0 Å². The van der Waals surface area contributed by atoms with Gasteiger partial charge in [0.15, 0.2) is 6.61 Å². The van der Waals surface area contributed by atoms with Crippen LogP contribution in [0.15, 0.2) is 30.3 Å². The van der Waals surface area contributed by atoms with E-state index >= 15 is 0 Å². The highest BCUT2D eigenvalue weighted by Crippen LogP contribution is 2.31. The molecule has 24 heavy (non-hydrogen) atoms. The van der Waals surface area contributed by atoms with Gasteiger partial charge in [-0.1, -0.05) is 6.07 Å². The Balaban J connectivity index is 1.69. The lowest BCUT2D eigenvalue weighted by atomic mass is 10.1. The summed E-state index contributed by atoms with van der Waals surface area (Å²) >= 11 is 0. The Bertz CT molecular complexity index is 733. The molecule has 2 heterocycles. The molecule has 1 saturated heterocycles. The molecule has 7 heteroatoms. The molecule has 1 aromatic heterocycles. The van der Waals surface area contributed by atoms with Crippen molar-refractivity contribution in [3.63, 3.8) is 0 Å². The van der Waals surface area contributed by atoms with Crippen LogP contribution in [-0.2, 0) is 4.79 Å². The normalized spacial score (nSPS) is 17.1. The maximum atomic E-state index is 13.2. The Morgan fingerprint density at radius 2 is 2.25 bits per heavy atom. The highest BCUT2D eigenvalue weighted by molar-refractivity contribution is 5.78. The smallest absolute Gasteiger partial charge is 0.261 e. The number of carbonyl (C=O) groups is 1. The monoisotopic (exact) mass is 330 g/mol. The van der Waals surface area contributed by atoms with Gasteiger partial charge in [-0.15, -0.1) is 0 Å². The summed E-state index contributed by atoms with van der Waals surface area (Å²) in [6.45, 7) is 2.27. The van der Waals surface area contributed by atoms with Crippen LogP contribution < -0.4 is 10.5 Å². The first-order chi connectivity index (χ1) is 11.5. The fourth-order valence-electron chi connectivity index (χ4n) is 2.94. The van der Waals surface area contributed by atoms with E-state index in [1.165, 1.54) is 12.1 Å². The maximum absolute atomic E-state index is 13.2. The van der Waals surface area contributed by atoms with Crippen molar-refractivity contribution >= 4 is 11.7 Å². The predicted molar refractivity (Wildman–Crippen MR) is 86.8 cm³/mol. The van der Waals surface area contributed by atoms with Crippen molar-refractivity contribution in [1.82, 2.24) is 14.9 Å². The SMILES string of the molecule is Cc1nc(N)cc([C@H]2CCCN2C(=O)COc2cccc(F)c2)n1. The average molecular weight is 330 g/mol. The van der Waals surface area contributed by atoms with Crippen LogP contribution in [0.2, 0.25) is 0 Å². The van der Waals surface area contributed by atoms with Crippen LogP contribution in [0.4, 0.5) is 10.2 Å². The number of ether oxygens (including phenoxy) is 1. The van der Waals surface area contributed by atoms with E-state index in [1.54, 1.807) is 30.0 Å². The van der Waals surface area contributed by atoms with Crippen molar-refractivity contribution in [2.45, 2.75) is 25.8 Å². The van der Waals surface area contributed by atoms with Gasteiger partial charge in [-0.2, -0.15) is 0 Å². The topological polar surface area (TPSA) is 81.3 Å². The second kappa shape index (κ2) is 6.82. The summed E-state index contributed by atoms with van der Waals surface area (Å²) < 4.78 is 18.6. The molecule has 0 bridgehead atoms. The van der Waals surface area contributed by atoms with Crippen LogP contribution in [0.5, 0.6) is 5.75 Å². The molecule has 6 nitrogen and oxygen atoms in total. The molecule has 1 amide bonds. The number of aryl methyl sites for hydroxylation is 1. The highest BCUT2D eigenvalue weighted by Gasteiger charge is 2.31. The van der Waals surface area contributed by atoms with Crippen molar-refractivity contribution in [2.75, 3.05) is 18.9 Å². The minimum atomic E-state index is -0.397. The van der Waals surface area contributed by atoms with Crippen molar-refractivity contribution in [2.24, 2.45) is 0 Å². The first kappa shape index (κ1) is 16.2. The summed E-state index contributed by atoms with van der Waals surface area (Å²) in [6.07, 6.45) is 1.71. The van der Waals surface area contributed by atoms with Gasteiger partial charge < -0.3 is 15.4 Å². The van der Waals surface area contributed by atoms with Crippen molar-refractivity contribution in [1.29, 1.82) is 0 Å². The first-order valence-electron chi connectivity index (χ1n) is 7.82. The molecule has 1 aliphatic heterocycles. The molecule has 2 N–H and O–H groups in total. The molecule has 1 aliphatic rings. The Hall–Kier alpha value is -2.70. The number of amides is 1. The summed E-state index contributed by atoms with van der Waals surface area (Å²) in [6, 6.07) is 7.32. The van der Waals surface area contributed by atoms with Gasteiger partial charge >= 0.3 is 0 Å². The zero-order chi connectivity index (χ0) is 17.1. The van der Waals surface area contributed by atoms with E-state index in [2.05, 4.69) is 9.97 Å². The van der Waals surface area contributed by atoms with E-state index in [0.717, 1.165) is 18.5 Å². The van der Waals surface area contributed by atoms with E-state index in [-0.39, 0.29) is 18.6 Å². The van der Waals surface area contributed by atoms with Crippen LogP contribution in [0, 0.1) is 12.7 Å². The minimum Gasteiger partial charge on any atom is -0.484 e. The van der Waals surface area contributed by atoms with Crippen LogP contribution in [-0.4, -0.2) is 33.9 Å². The van der Waals surface area contributed by atoms with E-state index in [9.17, 15) is 9.18 Å². The fourth-order valence-corrected chi connectivity index (χ4v) is 2.94. The third kappa shape index (κ3) is 3.61. The Labute approximate surface area is 139 Å². The molecule has 0 saturated carbocycles. The van der Waals surface area contributed by atoms with Gasteiger partial charge in [0.25, 0.3) is 5.91 Å². The highest BCUT2D eigenvalue weighted by atomic mass is 19.1. The maximum Gasteiger partial charge on any atom is 0.261 e. The zero-order valence-corrected chi connectivity index (χ0v) is 13.4. The summed E-state index contributed by atoms with van der Waals surface area (Å²) in [7, 11) is 0. The third-order valence-electron chi connectivity index (χ3n) is 3.95. The molecule has 0 aliphatic carbocycles. The predicted octanol–water partition coefficient (Wildman–Crippen LogP) is 2.25. The standard InChI is InChI=1S/C17H19FN4O2/c1-11-20-14(9-16(19)21-11)15-6-3-7-22(15)17(23)10-24-13-5-2-4-12(18)8-13/h2,4-5,8-9,15H,3,6-7,10H2,1H3,(H2,19,20,21)/t15-/m1/s1. The van der Waals surface area contributed by atoms with E-state index in [0.29, 0.717) is 23.9 Å². The molecule has 1 atom stereocenters. The van der Waals surface area contributed by atoms with Gasteiger partial charge in [0.1, 0.15) is 23.2 Å². The number of nitrogens with two attached hydrogens (primary N) is 1. The number of halogens is 1. The van der Waals surface area contributed by atoms with Gasteiger partial charge in [-0.25, -0.2) is 14.4 Å². The number of nitrogens with zero attached hydrogens (tertiary/aromatic N) is 3. The summed E-state index contributed by atoms with van der Waals surface area (Å²) in [4.78, 5) is 22.7. The summed E-state index contributed by atoms with van der Waals surface area (Å²) in [5, 5.41) is 0. The third-order valence-corrected chi connectivity index (χ3v) is 3.95. The number of aromatic nitrogens is 2. The van der Waals surface area contributed by atoms with Crippen molar-refractivity contribution in [3.05, 3.63) is 47.7 Å². The lowest BCUT2D eigenvalue weighted by Gasteiger charge is -2.24. The van der Waals surface area contributed by atoms with Gasteiger partial charge in [0.05, 0.1) is 11.7 Å². The number of hydrogen-bond acceptors (Lipinski definition) is 5. The molecule has 0 unspecified atom stereocenters. The Morgan fingerprint density at radius 1 is 1.42 bits per heavy atom. The lowest BCUT2D eigenvalue weighted by molar-refractivity contribution is -0.134. The Morgan fingerprint density at radius 3 is 3.00 bits per heavy atom. The molecular formula is C17H19FN4O2. The zero-order valence-electron chi connectivity index (χ0n) is 13.4. The van der Waals surface area contributed by atoms with Gasteiger partial charge in [-0.05, 0) is 31.9 Å². The molecule has 0 radical (unpaired) electrons. The van der Waals surface area contributed by atoms with E-state index in [1.807, 2.05) is 0 Å². The number of anilines is 1.